The van der Waals surface area contributed by atoms with E-state index in [2.05, 4.69) is 34.6 Å². The summed E-state index contributed by atoms with van der Waals surface area (Å²) in [6.45, 7) is 12.2. The first kappa shape index (κ1) is 11.9. The zero-order valence-corrected chi connectivity index (χ0v) is 12.8. The Balaban J connectivity index is 4.26. The van der Waals surface area contributed by atoms with Gasteiger partial charge in [0, 0.05) is 0 Å². The molecule has 0 aromatic heterocycles. The van der Waals surface area contributed by atoms with Crippen LogP contribution in [0.15, 0.2) is 0 Å². The number of hydrogen-bond acceptors (Lipinski definition) is 0. The van der Waals surface area contributed by atoms with Crippen molar-refractivity contribution in [2.45, 2.75) is 56.5 Å². The van der Waals surface area contributed by atoms with E-state index in [-0.39, 0.29) is 0 Å². The summed E-state index contributed by atoms with van der Waals surface area (Å²) in [5.74, 6) is 0. The van der Waals surface area contributed by atoms with Gasteiger partial charge in [-0.1, -0.05) is 0 Å². The van der Waals surface area contributed by atoms with Crippen molar-refractivity contribution in [3.05, 3.63) is 0 Å². The molecule has 0 N–H and O–H groups in total. The Morgan fingerprint density at radius 2 is 1.27 bits per heavy atom. The summed E-state index contributed by atoms with van der Waals surface area (Å²) in [6.07, 6.45) is 1.43. The van der Waals surface area contributed by atoms with E-state index in [0.717, 1.165) is 3.48 Å². The first-order valence-corrected chi connectivity index (χ1v) is 15.7. The van der Waals surface area contributed by atoms with Crippen LogP contribution in [0.2, 0.25) is 15.4 Å². The molecule has 0 fully saturated rings. The fraction of sp³-hybridized carbons (Fsp3) is 1.00. The third-order valence-electron chi connectivity index (χ3n) is 3.77. The number of hydrogen-bond donors (Lipinski definition) is 0. The van der Waals surface area contributed by atoms with E-state index in [0.29, 0.717) is 0 Å². The van der Waals surface area contributed by atoms with Gasteiger partial charge in [-0.25, -0.2) is 0 Å². The van der Waals surface area contributed by atoms with E-state index in [4.69, 9.17) is 0 Å². The van der Waals surface area contributed by atoms with Crippen LogP contribution in [0.3, 0.4) is 0 Å². The molecule has 0 aromatic carbocycles. The molecular formula is C10H24Pb. The zero-order chi connectivity index (χ0) is 8.91. The molecule has 0 amide bonds. The topological polar surface area (TPSA) is 0 Å². The van der Waals surface area contributed by atoms with Gasteiger partial charge in [0.05, 0.1) is 0 Å². The van der Waals surface area contributed by atoms with E-state index < -0.39 is 21.2 Å². The molecule has 0 aromatic rings. The maximum atomic E-state index is 2.50. The summed E-state index contributed by atoms with van der Waals surface area (Å²) in [5, 5.41) is 0. The van der Waals surface area contributed by atoms with Gasteiger partial charge in [0.25, 0.3) is 0 Å². The Morgan fingerprint density at radius 1 is 0.909 bits per heavy atom. The second-order valence-corrected chi connectivity index (χ2v) is 26.4. The minimum absolute atomic E-state index is 1.11. The molecule has 0 nitrogen and oxygen atoms in total. The van der Waals surface area contributed by atoms with Crippen LogP contribution in [0.4, 0.5) is 0 Å². The monoisotopic (exact) mass is 352 g/mol. The molecule has 0 radical (unpaired) electrons. The van der Waals surface area contributed by atoms with Gasteiger partial charge in [0.15, 0.2) is 0 Å². The van der Waals surface area contributed by atoms with Crippen LogP contribution in [-0.2, 0) is 0 Å². The van der Waals surface area contributed by atoms with E-state index in [1.54, 1.807) is 11.9 Å². The van der Waals surface area contributed by atoms with Crippen LogP contribution in [0.25, 0.3) is 0 Å². The van der Waals surface area contributed by atoms with Crippen molar-refractivity contribution < 1.29 is 0 Å². The number of rotatable bonds is 5. The van der Waals surface area contributed by atoms with Crippen molar-refractivity contribution in [2.75, 3.05) is 0 Å². The van der Waals surface area contributed by atoms with Crippen LogP contribution < -0.4 is 0 Å². The molecule has 0 aliphatic carbocycles. The molecule has 0 aliphatic rings. The summed E-state index contributed by atoms with van der Waals surface area (Å²) in [7, 11) is 0. The average molecular weight is 352 g/mol. The van der Waals surface area contributed by atoms with Crippen molar-refractivity contribution >= 4 is 21.2 Å². The van der Waals surface area contributed by atoms with Gasteiger partial charge in [-0.3, -0.25) is 0 Å². The summed E-state index contributed by atoms with van der Waals surface area (Å²) in [6, 6.07) is 0. The standard InChI is InChI=1S/C4H9.3C2H5.Pb/c1-3-4-2;3*1-2;/h3H,4H2,1-2H3;3*1H2,2H3;. The van der Waals surface area contributed by atoms with E-state index in [1.165, 1.54) is 6.42 Å². The molecule has 1 heteroatoms. The predicted octanol–water partition coefficient (Wildman–Crippen LogP) is 4.30. The quantitative estimate of drug-likeness (QED) is 0.648. The van der Waals surface area contributed by atoms with Crippen LogP contribution >= 0.6 is 0 Å². The minimum atomic E-state index is -1.69. The molecule has 0 saturated carbocycles. The normalized spacial score (nSPS) is 15.0. The summed E-state index contributed by atoms with van der Waals surface area (Å²) < 4.78 is 5.81. The van der Waals surface area contributed by atoms with Gasteiger partial charge in [-0.05, 0) is 0 Å². The van der Waals surface area contributed by atoms with E-state index in [1.807, 2.05) is 0 Å². The average Bonchev–Trinajstić information content (AvgIpc) is 2.08. The molecule has 68 valence electrons. The third kappa shape index (κ3) is 2.71. The van der Waals surface area contributed by atoms with Crippen molar-refractivity contribution in [1.29, 1.82) is 0 Å². The van der Waals surface area contributed by atoms with Crippen molar-refractivity contribution in [3.63, 3.8) is 0 Å². The maximum absolute atomic E-state index is 2.50. The van der Waals surface area contributed by atoms with E-state index in [9.17, 15) is 0 Å². The fourth-order valence-corrected chi connectivity index (χ4v) is 19.6. The molecule has 0 bridgehead atoms. The summed E-state index contributed by atoms with van der Waals surface area (Å²) in [4.78, 5) is 0. The van der Waals surface area contributed by atoms with Crippen LogP contribution in [0, 0.1) is 0 Å². The Bertz CT molecular complexity index is 86.8. The van der Waals surface area contributed by atoms with Gasteiger partial charge in [0.2, 0.25) is 0 Å². The van der Waals surface area contributed by atoms with Crippen LogP contribution in [-0.4, -0.2) is 21.2 Å². The van der Waals surface area contributed by atoms with Gasteiger partial charge in [0.1, 0.15) is 0 Å². The zero-order valence-electron chi connectivity index (χ0n) is 8.91. The first-order valence-electron chi connectivity index (χ1n) is 5.16. The van der Waals surface area contributed by atoms with Gasteiger partial charge < -0.3 is 0 Å². The first-order chi connectivity index (χ1) is 5.16. The van der Waals surface area contributed by atoms with Crippen molar-refractivity contribution in [2.24, 2.45) is 0 Å². The molecule has 0 rings (SSSR count). The SMILES string of the molecule is CC[CH](C)[Pb]([CH2]C)([CH2]C)[CH2]C. The van der Waals surface area contributed by atoms with Gasteiger partial charge >= 0.3 is 77.6 Å². The molecule has 0 saturated heterocycles. The van der Waals surface area contributed by atoms with Gasteiger partial charge in [-0.15, -0.1) is 0 Å². The van der Waals surface area contributed by atoms with Crippen LogP contribution in [0.5, 0.6) is 0 Å². The van der Waals surface area contributed by atoms with Gasteiger partial charge in [-0.2, -0.15) is 0 Å². The second kappa shape index (κ2) is 5.55. The molecule has 0 heterocycles. The molecular weight excluding hydrogens is 327 g/mol. The summed E-state index contributed by atoms with van der Waals surface area (Å²) >= 11 is -1.69. The second-order valence-electron chi connectivity index (χ2n) is 3.73. The summed E-state index contributed by atoms with van der Waals surface area (Å²) in [5.41, 5.74) is 0. The third-order valence-corrected chi connectivity index (χ3v) is 29.9. The Morgan fingerprint density at radius 3 is 1.36 bits per heavy atom. The molecule has 11 heavy (non-hydrogen) atoms. The Kier molecular flexibility index (Phi) is 6.01. The molecule has 1 unspecified atom stereocenters. The fourth-order valence-electron chi connectivity index (χ4n) is 2.23. The molecule has 1 atom stereocenters. The van der Waals surface area contributed by atoms with Crippen molar-refractivity contribution in [1.82, 2.24) is 0 Å². The Labute approximate surface area is 77.4 Å². The molecule has 0 aliphatic heterocycles. The predicted molar refractivity (Wildman–Crippen MR) is 56.9 cm³/mol. The van der Waals surface area contributed by atoms with E-state index >= 15 is 0 Å². The Hall–Kier alpha value is 0.922. The van der Waals surface area contributed by atoms with Crippen molar-refractivity contribution in [3.8, 4) is 0 Å². The van der Waals surface area contributed by atoms with Crippen LogP contribution in [0.1, 0.15) is 41.0 Å². The molecule has 0 spiro atoms.